The number of hydrogen-bond donors (Lipinski definition) is 1. The van der Waals surface area contributed by atoms with Crippen molar-refractivity contribution in [2.24, 2.45) is 5.73 Å². The zero-order valence-corrected chi connectivity index (χ0v) is 17.4. The van der Waals surface area contributed by atoms with Crippen molar-refractivity contribution < 1.29 is 14.3 Å². The Labute approximate surface area is 180 Å². The number of carbonyl (C=O) groups excluding carboxylic acids is 2. The van der Waals surface area contributed by atoms with Crippen LogP contribution in [0.4, 0.5) is 11.4 Å². The molecule has 2 aromatic carbocycles. The standard InChI is InChI=1S/C22H15BrN4O3/c1-26-16-5-3-2-4-14(16)22(21(26)29)15(10-24)19(25)27(13-8-6-12(23)7-9-13)17-11-30-20(28)18(17)22/h2-9H,11,25H2,1H3/t22-/m0/s1. The number of likely N-dealkylation sites (N-methyl/N-ethyl adjacent to an activating group) is 1. The van der Waals surface area contributed by atoms with Crippen molar-refractivity contribution in [3.63, 3.8) is 0 Å². The number of halogens is 1. The molecule has 3 aliphatic rings. The maximum Gasteiger partial charge on any atom is 0.338 e. The molecule has 0 fully saturated rings. The Morgan fingerprint density at radius 2 is 1.87 bits per heavy atom. The number of para-hydroxylation sites is 1. The number of hydrogen-bond acceptors (Lipinski definition) is 6. The lowest BCUT2D eigenvalue weighted by molar-refractivity contribution is -0.137. The number of amides is 1. The van der Waals surface area contributed by atoms with Crippen LogP contribution in [0.25, 0.3) is 0 Å². The number of cyclic esters (lactones) is 1. The van der Waals surface area contributed by atoms with E-state index in [4.69, 9.17) is 10.5 Å². The molecule has 148 valence electrons. The van der Waals surface area contributed by atoms with Gasteiger partial charge in [-0.1, -0.05) is 34.1 Å². The van der Waals surface area contributed by atoms with E-state index in [2.05, 4.69) is 22.0 Å². The Kier molecular flexibility index (Phi) is 3.82. The molecule has 3 heterocycles. The summed E-state index contributed by atoms with van der Waals surface area (Å²) in [6.45, 7) is -0.0372. The summed E-state index contributed by atoms with van der Waals surface area (Å²) in [7, 11) is 1.63. The number of esters is 1. The molecule has 2 aromatic rings. The van der Waals surface area contributed by atoms with E-state index in [-0.39, 0.29) is 23.6 Å². The minimum absolute atomic E-state index is 0.0184. The van der Waals surface area contributed by atoms with Gasteiger partial charge in [0.2, 0.25) is 5.91 Å². The molecule has 0 aromatic heterocycles. The number of nitrogens with zero attached hydrogens (tertiary/aromatic N) is 3. The highest BCUT2D eigenvalue weighted by atomic mass is 79.9. The number of anilines is 2. The van der Waals surface area contributed by atoms with Crippen LogP contribution in [-0.4, -0.2) is 25.5 Å². The number of fused-ring (bicyclic) bond motifs is 3. The van der Waals surface area contributed by atoms with Crippen molar-refractivity contribution in [2.75, 3.05) is 23.5 Å². The van der Waals surface area contributed by atoms with E-state index in [9.17, 15) is 14.9 Å². The smallest absolute Gasteiger partial charge is 0.338 e. The SMILES string of the molecule is CN1C(=O)[C@]2(C(C#N)=C(N)N(c3ccc(Br)cc3)C3=C2C(=O)OC3)c2ccccc21. The quantitative estimate of drug-likeness (QED) is 0.653. The van der Waals surface area contributed by atoms with E-state index in [1.54, 1.807) is 36.2 Å². The first-order valence-electron chi connectivity index (χ1n) is 9.17. The minimum Gasteiger partial charge on any atom is -0.456 e. The normalized spacial score (nSPS) is 22.4. The van der Waals surface area contributed by atoms with Crippen LogP contribution in [0.3, 0.4) is 0 Å². The van der Waals surface area contributed by atoms with E-state index in [1.807, 2.05) is 24.3 Å². The second kappa shape index (κ2) is 6.21. The third-order valence-electron chi connectivity index (χ3n) is 5.84. The molecule has 0 saturated carbocycles. The van der Waals surface area contributed by atoms with Crippen molar-refractivity contribution in [3.8, 4) is 6.07 Å². The molecule has 3 aliphatic heterocycles. The van der Waals surface area contributed by atoms with Gasteiger partial charge in [0, 0.05) is 28.5 Å². The minimum atomic E-state index is -1.61. The zero-order chi connectivity index (χ0) is 21.2. The average Bonchev–Trinajstić information content (AvgIpc) is 3.23. The van der Waals surface area contributed by atoms with Crippen molar-refractivity contribution in [1.29, 1.82) is 5.26 Å². The zero-order valence-electron chi connectivity index (χ0n) is 15.8. The Morgan fingerprint density at radius 1 is 1.17 bits per heavy atom. The summed E-state index contributed by atoms with van der Waals surface area (Å²) in [5.41, 5.74) is 7.40. The molecule has 1 amide bonds. The van der Waals surface area contributed by atoms with Gasteiger partial charge in [-0.3, -0.25) is 9.69 Å². The fraction of sp³-hybridized carbons (Fsp3) is 0.136. The van der Waals surface area contributed by atoms with Crippen LogP contribution in [0.15, 0.2) is 75.7 Å². The number of ether oxygens (including phenoxy) is 1. The van der Waals surface area contributed by atoms with Crippen molar-refractivity contribution in [1.82, 2.24) is 0 Å². The monoisotopic (exact) mass is 462 g/mol. The predicted molar refractivity (Wildman–Crippen MR) is 113 cm³/mol. The fourth-order valence-electron chi connectivity index (χ4n) is 4.59. The molecule has 1 atom stereocenters. The first-order valence-corrected chi connectivity index (χ1v) is 9.96. The van der Waals surface area contributed by atoms with Gasteiger partial charge in [-0.2, -0.15) is 5.26 Å². The highest BCUT2D eigenvalue weighted by Crippen LogP contribution is 2.55. The van der Waals surface area contributed by atoms with Gasteiger partial charge in [-0.25, -0.2) is 4.79 Å². The summed E-state index contributed by atoms with van der Waals surface area (Å²) < 4.78 is 6.25. The Balaban J connectivity index is 1.87. The second-order valence-electron chi connectivity index (χ2n) is 7.21. The third-order valence-corrected chi connectivity index (χ3v) is 6.37. The molecule has 0 bridgehead atoms. The van der Waals surface area contributed by atoms with Crippen LogP contribution in [0.2, 0.25) is 0 Å². The molecule has 0 saturated heterocycles. The summed E-state index contributed by atoms with van der Waals surface area (Å²) in [5.74, 6) is -0.911. The largest absolute Gasteiger partial charge is 0.456 e. The molecule has 0 radical (unpaired) electrons. The van der Waals surface area contributed by atoms with E-state index in [0.29, 0.717) is 22.6 Å². The molecule has 0 unspecified atom stereocenters. The van der Waals surface area contributed by atoms with Gasteiger partial charge in [0.1, 0.15) is 23.9 Å². The van der Waals surface area contributed by atoms with Gasteiger partial charge in [0.25, 0.3) is 0 Å². The number of rotatable bonds is 1. The maximum absolute atomic E-state index is 13.6. The second-order valence-corrected chi connectivity index (χ2v) is 8.13. The lowest BCUT2D eigenvalue weighted by Gasteiger charge is -2.38. The van der Waals surface area contributed by atoms with E-state index in [0.717, 1.165) is 4.47 Å². The van der Waals surface area contributed by atoms with E-state index in [1.165, 1.54) is 4.90 Å². The fourth-order valence-corrected chi connectivity index (χ4v) is 4.85. The van der Waals surface area contributed by atoms with Gasteiger partial charge in [-0.05, 0) is 30.3 Å². The number of nitriles is 1. The average molecular weight is 463 g/mol. The topological polar surface area (TPSA) is 99.7 Å². The molecule has 2 N–H and O–H groups in total. The van der Waals surface area contributed by atoms with Gasteiger partial charge in [0.05, 0.1) is 16.8 Å². The number of carbonyl (C=O) groups is 2. The first kappa shape index (κ1) is 18.5. The Morgan fingerprint density at radius 3 is 2.57 bits per heavy atom. The number of nitrogens with two attached hydrogens (primary N) is 1. The summed E-state index contributed by atoms with van der Waals surface area (Å²) in [4.78, 5) is 29.7. The van der Waals surface area contributed by atoms with Gasteiger partial charge >= 0.3 is 5.97 Å². The lowest BCUT2D eigenvalue weighted by atomic mass is 9.67. The van der Waals surface area contributed by atoms with Crippen LogP contribution in [0.5, 0.6) is 0 Å². The third kappa shape index (κ3) is 2.07. The first-order chi connectivity index (χ1) is 14.4. The molecule has 7 nitrogen and oxygen atoms in total. The van der Waals surface area contributed by atoms with Crippen LogP contribution in [0.1, 0.15) is 5.56 Å². The highest BCUT2D eigenvalue weighted by Gasteiger charge is 2.63. The highest BCUT2D eigenvalue weighted by molar-refractivity contribution is 9.10. The maximum atomic E-state index is 13.6. The summed E-state index contributed by atoms with van der Waals surface area (Å²) in [6, 6.07) is 16.6. The molecular weight excluding hydrogens is 448 g/mol. The Bertz CT molecular complexity index is 1240. The van der Waals surface area contributed by atoms with Crippen molar-refractivity contribution >= 4 is 39.2 Å². The van der Waals surface area contributed by atoms with E-state index < -0.39 is 17.3 Å². The molecule has 0 aliphatic carbocycles. The van der Waals surface area contributed by atoms with Crippen LogP contribution in [-0.2, 0) is 19.7 Å². The van der Waals surface area contributed by atoms with Gasteiger partial charge in [0.15, 0.2) is 0 Å². The van der Waals surface area contributed by atoms with Crippen LogP contribution in [0, 0.1) is 11.3 Å². The van der Waals surface area contributed by atoms with Crippen LogP contribution < -0.4 is 15.5 Å². The van der Waals surface area contributed by atoms with Crippen molar-refractivity contribution in [2.45, 2.75) is 5.41 Å². The van der Waals surface area contributed by atoms with Gasteiger partial charge in [-0.15, -0.1) is 0 Å². The molecule has 1 spiro atoms. The van der Waals surface area contributed by atoms with E-state index >= 15 is 0 Å². The predicted octanol–water partition coefficient (Wildman–Crippen LogP) is 2.69. The lowest BCUT2D eigenvalue weighted by Crippen LogP contribution is -2.50. The summed E-state index contributed by atoms with van der Waals surface area (Å²) >= 11 is 3.40. The van der Waals surface area contributed by atoms with Crippen molar-refractivity contribution in [3.05, 3.63) is 81.2 Å². The Hall–Kier alpha value is -3.57. The summed E-state index contributed by atoms with van der Waals surface area (Å²) in [5, 5.41) is 10.2. The molecule has 30 heavy (non-hydrogen) atoms. The molecular formula is C22H15BrN4O3. The summed E-state index contributed by atoms with van der Waals surface area (Å²) in [6.07, 6.45) is 0. The molecule has 8 heteroatoms. The van der Waals surface area contributed by atoms with Crippen LogP contribution >= 0.6 is 15.9 Å². The molecule has 5 rings (SSSR count). The van der Waals surface area contributed by atoms with Gasteiger partial charge < -0.3 is 15.4 Å². The number of benzene rings is 2.